The molecule has 1 fully saturated rings. The Bertz CT molecular complexity index is 2020. The summed E-state index contributed by atoms with van der Waals surface area (Å²) in [6.07, 6.45) is 2.60. The summed E-state index contributed by atoms with van der Waals surface area (Å²) >= 11 is 0. The zero-order valence-electron chi connectivity index (χ0n) is 24.1. The minimum atomic E-state index is -0.684. The first-order valence-electron chi connectivity index (χ1n) is 13.9. The molecular formula is C31H31FN8O3. The number of aryl methyl sites for hydroxylation is 2. The van der Waals surface area contributed by atoms with Crippen LogP contribution in [0.2, 0.25) is 0 Å². The maximum atomic E-state index is 15.1. The van der Waals surface area contributed by atoms with Crippen molar-refractivity contribution in [2.75, 3.05) is 18.4 Å². The summed E-state index contributed by atoms with van der Waals surface area (Å²) in [5, 5.41) is 27.1. The van der Waals surface area contributed by atoms with E-state index in [1.165, 1.54) is 30.4 Å². The first-order chi connectivity index (χ1) is 20.6. The predicted molar refractivity (Wildman–Crippen MR) is 163 cm³/mol. The number of hydrogen-bond donors (Lipinski definition) is 2. The van der Waals surface area contributed by atoms with E-state index in [4.69, 9.17) is 0 Å². The molecular weight excluding hydrogens is 551 g/mol. The second kappa shape index (κ2) is 11.0. The van der Waals surface area contributed by atoms with Crippen molar-refractivity contribution in [1.82, 2.24) is 34.2 Å². The Morgan fingerprint density at radius 3 is 2.56 bits per heavy atom. The van der Waals surface area contributed by atoms with Crippen molar-refractivity contribution in [3.05, 3.63) is 98.6 Å². The summed E-state index contributed by atoms with van der Waals surface area (Å²) in [6, 6.07) is 11.5. The third-order valence-corrected chi connectivity index (χ3v) is 7.78. The zero-order valence-corrected chi connectivity index (χ0v) is 24.1. The van der Waals surface area contributed by atoms with E-state index in [9.17, 15) is 14.7 Å². The Morgan fingerprint density at radius 2 is 1.86 bits per heavy atom. The summed E-state index contributed by atoms with van der Waals surface area (Å²) in [5.74, 6) is -0.163. The Balaban J connectivity index is 1.41. The summed E-state index contributed by atoms with van der Waals surface area (Å²) in [6.45, 7) is 8.02. The van der Waals surface area contributed by atoms with Crippen molar-refractivity contribution < 1.29 is 9.50 Å². The van der Waals surface area contributed by atoms with E-state index in [0.717, 1.165) is 30.0 Å². The molecule has 12 heteroatoms. The number of allylic oxidation sites excluding steroid dienone is 1. The van der Waals surface area contributed by atoms with Crippen molar-refractivity contribution in [3.8, 4) is 16.9 Å². The van der Waals surface area contributed by atoms with Crippen LogP contribution in [0.5, 0.6) is 0 Å². The lowest BCUT2D eigenvalue weighted by atomic mass is 10.0. The number of anilines is 2. The van der Waals surface area contributed by atoms with E-state index >= 15 is 4.39 Å². The molecule has 1 aliphatic heterocycles. The summed E-state index contributed by atoms with van der Waals surface area (Å²) in [4.78, 5) is 28.9. The molecule has 6 rings (SSSR count). The fourth-order valence-corrected chi connectivity index (χ4v) is 5.28. The summed E-state index contributed by atoms with van der Waals surface area (Å²) in [5.41, 5.74) is 2.91. The Morgan fingerprint density at radius 1 is 1.07 bits per heavy atom. The first kappa shape index (κ1) is 28.2. The predicted octanol–water partition coefficient (Wildman–Crippen LogP) is 3.49. The highest BCUT2D eigenvalue weighted by Crippen LogP contribution is 2.29. The van der Waals surface area contributed by atoms with Crippen LogP contribution in [0.25, 0.3) is 33.3 Å². The highest BCUT2D eigenvalue weighted by molar-refractivity contribution is 5.85. The van der Waals surface area contributed by atoms with Gasteiger partial charge < -0.3 is 10.4 Å². The van der Waals surface area contributed by atoms with Crippen LogP contribution in [0.3, 0.4) is 0 Å². The van der Waals surface area contributed by atoms with E-state index < -0.39 is 18.0 Å². The lowest BCUT2D eigenvalue weighted by Gasteiger charge is -2.30. The number of halogens is 1. The van der Waals surface area contributed by atoms with E-state index in [-0.39, 0.29) is 22.3 Å². The standard InChI is InChI=1S/C31H31FN8O3/c1-18(2)19-11-20-15-33-40(31(43)29(20)24(32)12-19)27-8-5-7-22(23(27)17-41)25-14-26(30(42)38(4)35-25)34-28-13-21(37(3)36-28)16-39-9-6-10-39/h5,7-8,11-15,41H,1,6,9-10,16-17H2,2-4H3,(H,34,36). The lowest BCUT2D eigenvalue weighted by Crippen LogP contribution is -2.36. The largest absolute Gasteiger partial charge is 0.392 e. The fraction of sp³-hybridized carbons (Fsp3) is 0.258. The fourth-order valence-electron chi connectivity index (χ4n) is 5.28. The molecule has 0 atom stereocenters. The summed E-state index contributed by atoms with van der Waals surface area (Å²) in [7, 11) is 3.40. The van der Waals surface area contributed by atoms with Crippen molar-refractivity contribution in [1.29, 1.82) is 0 Å². The molecule has 11 nitrogen and oxygen atoms in total. The second-order valence-electron chi connectivity index (χ2n) is 10.8. The molecule has 0 spiro atoms. The Labute approximate surface area is 246 Å². The third kappa shape index (κ3) is 5.15. The van der Waals surface area contributed by atoms with Gasteiger partial charge in [0.1, 0.15) is 11.5 Å². The molecule has 220 valence electrons. The number of likely N-dealkylation sites (tertiary alicyclic amines) is 1. The smallest absolute Gasteiger partial charge is 0.290 e. The molecule has 3 aromatic heterocycles. The van der Waals surface area contributed by atoms with E-state index in [1.54, 1.807) is 41.9 Å². The van der Waals surface area contributed by atoms with Crippen LogP contribution >= 0.6 is 0 Å². The van der Waals surface area contributed by atoms with Gasteiger partial charge in [0, 0.05) is 43.2 Å². The number of aliphatic hydroxyl groups is 1. The maximum Gasteiger partial charge on any atom is 0.290 e. The Kier molecular flexibility index (Phi) is 7.24. The number of aliphatic hydroxyl groups excluding tert-OH is 1. The number of hydrogen-bond acceptors (Lipinski definition) is 8. The number of rotatable bonds is 8. The molecule has 1 saturated heterocycles. The molecule has 0 saturated carbocycles. The molecule has 0 radical (unpaired) electrons. The molecule has 43 heavy (non-hydrogen) atoms. The van der Waals surface area contributed by atoms with Crippen molar-refractivity contribution in [2.45, 2.75) is 26.5 Å². The van der Waals surface area contributed by atoms with Crippen LogP contribution in [0.15, 0.2) is 64.8 Å². The molecule has 0 bridgehead atoms. The van der Waals surface area contributed by atoms with Gasteiger partial charge in [0.15, 0.2) is 5.82 Å². The molecule has 2 aromatic carbocycles. The third-order valence-electron chi connectivity index (χ3n) is 7.78. The lowest BCUT2D eigenvalue weighted by molar-refractivity contribution is 0.168. The van der Waals surface area contributed by atoms with E-state index in [1.807, 2.05) is 13.1 Å². The quantitative estimate of drug-likeness (QED) is 0.285. The number of nitrogens with one attached hydrogen (secondary N) is 1. The van der Waals surface area contributed by atoms with E-state index in [0.29, 0.717) is 39.2 Å². The van der Waals surface area contributed by atoms with Crippen molar-refractivity contribution >= 4 is 27.9 Å². The van der Waals surface area contributed by atoms with Crippen LogP contribution in [0, 0.1) is 5.82 Å². The highest BCUT2D eigenvalue weighted by atomic mass is 19.1. The molecule has 1 aliphatic rings. The van der Waals surface area contributed by atoms with Gasteiger partial charge in [-0.15, -0.1) is 0 Å². The van der Waals surface area contributed by atoms with Crippen LogP contribution < -0.4 is 16.4 Å². The Hall–Kier alpha value is -4.94. The zero-order chi connectivity index (χ0) is 30.4. The maximum absolute atomic E-state index is 15.1. The summed E-state index contributed by atoms with van der Waals surface area (Å²) < 4.78 is 19.2. The molecule has 5 aromatic rings. The first-order valence-corrected chi connectivity index (χ1v) is 13.9. The topological polar surface area (TPSA) is 123 Å². The van der Waals surface area contributed by atoms with Gasteiger partial charge in [0.25, 0.3) is 11.1 Å². The van der Waals surface area contributed by atoms with Gasteiger partial charge in [-0.3, -0.25) is 19.2 Å². The van der Waals surface area contributed by atoms with Crippen LogP contribution in [-0.4, -0.2) is 52.4 Å². The van der Waals surface area contributed by atoms with Gasteiger partial charge in [-0.2, -0.15) is 20.0 Å². The average Bonchev–Trinajstić information content (AvgIpc) is 3.30. The van der Waals surface area contributed by atoms with Gasteiger partial charge in [-0.1, -0.05) is 24.3 Å². The number of fused-ring (bicyclic) bond motifs is 1. The molecule has 4 heterocycles. The average molecular weight is 583 g/mol. The minimum absolute atomic E-state index is 0.121. The van der Waals surface area contributed by atoms with Crippen LogP contribution in [0.1, 0.15) is 30.2 Å². The number of nitrogens with zero attached hydrogens (tertiary/aromatic N) is 7. The molecule has 2 N–H and O–H groups in total. The number of benzene rings is 2. The van der Waals surface area contributed by atoms with Gasteiger partial charge >= 0.3 is 0 Å². The SMILES string of the molecule is C=C(C)c1cc(F)c2c(=O)n(-c3cccc(-c4cc(Nc5cc(CN6CCC6)n(C)n5)c(=O)n(C)n4)c3CO)ncc2c1. The number of aromatic nitrogens is 6. The van der Waals surface area contributed by atoms with Crippen molar-refractivity contribution in [2.24, 2.45) is 14.1 Å². The van der Waals surface area contributed by atoms with Gasteiger partial charge in [0.2, 0.25) is 0 Å². The van der Waals surface area contributed by atoms with Gasteiger partial charge in [-0.05, 0) is 56.3 Å². The van der Waals surface area contributed by atoms with Crippen LogP contribution in [0.4, 0.5) is 15.9 Å². The van der Waals surface area contributed by atoms with Crippen molar-refractivity contribution in [3.63, 3.8) is 0 Å². The molecule has 0 amide bonds. The normalized spacial score (nSPS) is 13.3. The van der Waals surface area contributed by atoms with Crippen LogP contribution in [-0.2, 0) is 27.2 Å². The minimum Gasteiger partial charge on any atom is -0.392 e. The monoisotopic (exact) mass is 582 g/mol. The van der Waals surface area contributed by atoms with E-state index in [2.05, 4.69) is 32.1 Å². The molecule has 0 aliphatic carbocycles. The van der Waals surface area contributed by atoms with Gasteiger partial charge in [0.05, 0.1) is 35.3 Å². The van der Waals surface area contributed by atoms with Gasteiger partial charge in [-0.25, -0.2) is 9.07 Å². The molecule has 0 unspecified atom stereocenters. The second-order valence-corrected chi connectivity index (χ2v) is 10.8. The highest BCUT2D eigenvalue weighted by Gasteiger charge is 2.20.